The zero-order chi connectivity index (χ0) is 22.0. The number of piperidine rings is 1. The van der Waals surface area contributed by atoms with Gasteiger partial charge in [0.25, 0.3) is 0 Å². The fraction of sp³-hybridized carbons (Fsp3) is 0.375. The molecule has 1 aliphatic heterocycles. The van der Waals surface area contributed by atoms with Crippen LogP contribution in [0.3, 0.4) is 0 Å². The molecule has 0 bridgehead atoms. The summed E-state index contributed by atoms with van der Waals surface area (Å²) in [6.07, 6.45) is 1.06. The van der Waals surface area contributed by atoms with Crippen LogP contribution in [0.15, 0.2) is 46.9 Å². The number of nitrogens with one attached hydrogen (secondary N) is 2. The first-order valence-electron chi connectivity index (χ1n) is 10.7. The molecule has 0 aliphatic carbocycles. The van der Waals surface area contributed by atoms with Crippen LogP contribution < -0.4 is 15.5 Å². The van der Waals surface area contributed by atoms with Gasteiger partial charge < -0.3 is 25.1 Å². The summed E-state index contributed by atoms with van der Waals surface area (Å²) in [6, 6.07) is 11.7. The number of amides is 2. The Balaban J connectivity index is 1.42. The molecule has 0 radical (unpaired) electrons. The van der Waals surface area contributed by atoms with Crippen LogP contribution in [0.2, 0.25) is 0 Å². The Kier molecular flexibility index (Phi) is 6.13. The van der Waals surface area contributed by atoms with Gasteiger partial charge in [-0.1, -0.05) is 18.2 Å². The highest BCUT2D eigenvalue weighted by atomic mass is 19.1. The van der Waals surface area contributed by atoms with Gasteiger partial charge in [-0.3, -0.25) is 0 Å². The SMILES string of the molecule is Cc1c(CNC(=O)NC(C)c2cc(F)ccc2N2CCC(O)CC2)oc2ccccc12. The monoisotopic (exact) mass is 425 g/mol. The highest BCUT2D eigenvalue weighted by molar-refractivity contribution is 5.82. The molecule has 1 aliphatic rings. The molecule has 0 spiro atoms. The third-order valence-corrected chi connectivity index (χ3v) is 5.96. The van der Waals surface area contributed by atoms with E-state index in [2.05, 4.69) is 15.5 Å². The number of aryl methyl sites for hydroxylation is 1. The molecule has 3 N–H and O–H groups in total. The van der Waals surface area contributed by atoms with Crippen molar-refractivity contribution in [2.45, 2.75) is 45.4 Å². The molecule has 2 heterocycles. The largest absolute Gasteiger partial charge is 0.459 e. The number of hydrogen-bond donors (Lipinski definition) is 3. The van der Waals surface area contributed by atoms with E-state index in [1.54, 1.807) is 6.07 Å². The predicted octanol–water partition coefficient (Wildman–Crippen LogP) is 4.40. The lowest BCUT2D eigenvalue weighted by Crippen LogP contribution is -2.39. The zero-order valence-electron chi connectivity index (χ0n) is 17.8. The van der Waals surface area contributed by atoms with Crippen molar-refractivity contribution in [2.24, 2.45) is 0 Å². The second-order valence-electron chi connectivity index (χ2n) is 8.12. The maximum atomic E-state index is 14.0. The molecule has 1 atom stereocenters. The van der Waals surface area contributed by atoms with Gasteiger partial charge in [0.2, 0.25) is 0 Å². The van der Waals surface area contributed by atoms with Crippen LogP contribution in [-0.4, -0.2) is 30.3 Å². The maximum absolute atomic E-state index is 14.0. The second-order valence-corrected chi connectivity index (χ2v) is 8.12. The summed E-state index contributed by atoms with van der Waals surface area (Å²) in [5.74, 6) is 0.366. The van der Waals surface area contributed by atoms with Crippen molar-refractivity contribution in [1.29, 1.82) is 0 Å². The number of para-hydroxylation sites is 1. The molecule has 1 unspecified atom stereocenters. The van der Waals surface area contributed by atoms with Crippen LogP contribution in [0.5, 0.6) is 0 Å². The van der Waals surface area contributed by atoms with E-state index >= 15 is 0 Å². The van der Waals surface area contributed by atoms with Gasteiger partial charge in [0.15, 0.2) is 0 Å². The van der Waals surface area contributed by atoms with Crippen LogP contribution in [0.1, 0.15) is 42.7 Å². The Bertz CT molecular complexity index is 1070. The quantitative estimate of drug-likeness (QED) is 0.566. The molecule has 164 valence electrons. The number of anilines is 1. The molecule has 4 rings (SSSR count). The van der Waals surface area contributed by atoms with Crippen LogP contribution in [0.4, 0.5) is 14.9 Å². The smallest absolute Gasteiger partial charge is 0.315 e. The van der Waals surface area contributed by atoms with Crippen molar-refractivity contribution < 1.29 is 18.7 Å². The fourth-order valence-corrected chi connectivity index (χ4v) is 4.15. The number of urea groups is 1. The third-order valence-electron chi connectivity index (χ3n) is 5.96. The number of aliphatic hydroxyl groups is 1. The van der Waals surface area contributed by atoms with Crippen molar-refractivity contribution in [2.75, 3.05) is 18.0 Å². The van der Waals surface area contributed by atoms with Gasteiger partial charge in [0.1, 0.15) is 17.2 Å². The van der Waals surface area contributed by atoms with Gasteiger partial charge in [-0.25, -0.2) is 9.18 Å². The molecular formula is C24H28FN3O3. The lowest BCUT2D eigenvalue weighted by atomic mass is 10.0. The van der Waals surface area contributed by atoms with Crippen LogP contribution in [0.25, 0.3) is 11.0 Å². The Morgan fingerprint density at radius 3 is 2.74 bits per heavy atom. The van der Waals surface area contributed by atoms with Gasteiger partial charge >= 0.3 is 6.03 Å². The van der Waals surface area contributed by atoms with E-state index in [9.17, 15) is 14.3 Å². The maximum Gasteiger partial charge on any atom is 0.315 e. The summed E-state index contributed by atoms with van der Waals surface area (Å²) in [6.45, 7) is 5.47. The van der Waals surface area contributed by atoms with Gasteiger partial charge in [0, 0.05) is 35.3 Å². The normalized spacial score (nSPS) is 15.8. The number of aliphatic hydroxyl groups excluding tert-OH is 1. The molecule has 3 aromatic rings. The van der Waals surface area contributed by atoms with E-state index in [1.165, 1.54) is 12.1 Å². The standard InChI is InChI=1S/C24H28FN3O3/c1-15-19-5-3-4-6-22(19)31-23(15)14-26-24(30)27-16(2)20-13-17(25)7-8-21(20)28-11-9-18(29)10-12-28/h3-8,13,16,18,29H,9-12,14H2,1-2H3,(H2,26,27,30). The number of halogens is 1. The zero-order valence-corrected chi connectivity index (χ0v) is 17.8. The van der Waals surface area contributed by atoms with Crippen LogP contribution in [0, 0.1) is 12.7 Å². The van der Waals surface area contributed by atoms with E-state index in [-0.39, 0.29) is 24.5 Å². The first-order chi connectivity index (χ1) is 14.9. The summed E-state index contributed by atoms with van der Waals surface area (Å²) >= 11 is 0. The highest BCUT2D eigenvalue weighted by Crippen LogP contribution is 2.30. The molecule has 6 nitrogen and oxygen atoms in total. The van der Waals surface area contributed by atoms with Gasteiger partial charge in [0.05, 0.1) is 18.7 Å². The summed E-state index contributed by atoms with van der Waals surface area (Å²) < 4.78 is 19.8. The first kappa shape index (κ1) is 21.2. The van der Waals surface area contributed by atoms with Crippen molar-refractivity contribution in [3.63, 3.8) is 0 Å². The minimum atomic E-state index is -0.394. The molecule has 0 saturated carbocycles. The molecular weight excluding hydrogens is 397 g/mol. The van der Waals surface area contributed by atoms with E-state index in [1.807, 2.05) is 38.1 Å². The number of benzene rings is 2. The highest BCUT2D eigenvalue weighted by Gasteiger charge is 2.22. The predicted molar refractivity (Wildman–Crippen MR) is 119 cm³/mol. The van der Waals surface area contributed by atoms with Crippen molar-refractivity contribution in [3.05, 3.63) is 65.2 Å². The lowest BCUT2D eigenvalue weighted by Gasteiger charge is -2.34. The summed E-state index contributed by atoms with van der Waals surface area (Å²) in [5.41, 5.74) is 3.39. The van der Waals surface area contributed by atoms with Gasteiger partial charge in [-0.2, -0.15) is 0 Å². The van der Waals surface area contributed by atoms with Crippen molar-refractivity contribution in [3.8, 4) is 0 Å². The third kappa shape index (κ3) is 4.66. The Morgan fingerprint density at radius 1 is 1.26 bits per heavy atom. The van der Waals surface area contributed by atoms with E-state index < -0.39 is 6.04 Å². The van der Waals surface area contributed by atoms with Crippen molar-refractivity contribution in [1.82, 2.24) is 10.6 Å². The summed E-state index contributed by atoms with van der Waals surface area (Å²) in [5, 5.41) is 16.5. The molecule has 1 fully saturated rings. The van der Waals surface area contributed by atoms with E-state index in [4.69, 9.17) is 4.42 Å². The second kappa shape index (κ2) is 8.98. The fourth-order valence-electron chi connectivity index (χ4n) is 4.15. The molecule has 2 aromatic carbocycles. The number of fused-ring (bicyclic) bond motifs is 1. The lowest BCUT2D eigenvalue weighted by molar-refractivity contribution is 0.145. The summed E-state index contributed by atoms with van der Waals surface area (Å²) in [4.78, 5) is 14.7. The van der Waals surface area contributed by atoms with Crippen LogP contribution >= 0.6 is 0 Å². The minimum absolute atomic E-state index is 0.263. The molecule has 1 aromatic heterocycles. The topological polar surface area (TPSA) is 77.7 Å². The summed E-state index contributed by atoms with van der Waals surface area (Å²) in [7, 11) is 0. The molecule has 2 amide bonds. The Morgan fingerprint density at radius 2 is 2.00 bits per heavy atom. The minimum Gasteiger partial charge on any atom is -0.459 e. The Hall–Kier alpha value is -3.06. The first-order valence-corrected chi connectivity index (χ1v) is 10.7. The van der Waals surface area contributed by atoms with Crippen LogP contribution in [-0.2, 0) is 6.54 Å². The molecule has 1 saturated heterocycles. The van der Waals surface area contributed by atoms with Gasteiger partial charge in [-0.05, 0) is 51.0 Å². The number of nitrogens with zero attached hydrogens (tertiary/aromatic N) is 1. The molecule has 7 heteroatoms. The Labute approximate surface area is 181 Å². The average molecular weight is 426 g/mol. The van der Waals surface area contributed by atoms with E-state index in [0.717, 1.165) is 22.2 Å². The number of rotatable bonds is 5. The van der Waals surface area contributed by atoms with Crippen molar-refractivity contribution >= 4 is 22.7 Å². The number of carbonyl (C=O) groups excluding carboxylic acids is 1. The average Bonchev–Trinajstić information content (AvgIpc) is 3.09. The number of furan rings is 1. The van der Waals surface area contributed by atoms with E-state index in [0.29, 0.717) is 37.3 Å². The molecule has 31 heavy (non-hydrogen) atoms. The number of carbonyl (C=O) groups is 1. The van der Waals surface area contributed by atoms with Gasteiger partial charge in [-0.15, -0.1) is 0 Å². The number of hydrogen-bond acceptors (Lipinski definition) is 4.